The lowest BCUT2D eigenvalue weighted by Gasteiger charge is -2.22. The highest BCUT2D eigenvalue weighted by Gasteiger charge is 2.29. The van der Waals surface area contributed by atoms with Gasteiger partial charge in [0.1, 0.15) is 6.04 Å². The first-order chi connectivity index (χ1) is 12.9. The first-order valence-electron chi connectivity index (χ1n) is 8.32. The van der Waals surface area contributed by atoms with E-state index in [4.69, 9.17) is 5.14 Å². The second-order valence-corrected chi connectivity index (χ2v) is 7.91. The van der Waals surface area contributed by atoms with E-state index in [0.29, 0.717) is 11.6 Å². The quantitative estimate of drug-likeness (QED) is 0.736. The van der Waals surface area contributed by atoms with Gasteiger partial charge in [-0.15, -0.1) is 0 Å². The molecular formula is C18H18N6O2S. The zero-order valence-electron chi connectivity index (χ0n) is 14.5. The van der Waals surface area contributed by atoms with Crippen molar-refractivity contribution in [2.24, 2.45) is 10.1 Å². The lowest BCUT2D eigenvalue weighted by molar-refractivity contribution is 0.598. The summed E-state index contributed by atoms with van der Waals surface area (Å²) in [5.41, 5.74) is 3.27. The summed E-state index contributed by atoms with van der Waals surface area (Å²) < 4.78 is 23.1. The molecule has 0 amide bonds. The number of nitrogens with zero attached hydrogens (tertiary/aromatic N) is 3. The third kappa shape index (κ3) is 3.46. The number of fused-ring (bicyclic) bond motifs is 1. The summed E-state index contributed by atoms with van der Waals surface area (Å²) >= 11 is 0. The van der Waals surface area contributed by atoms with Gasteiger partial charge in [-0.3, -0.25) is 4.99 Å². The van der Waals surface area contributed by atoms with Crippen molar-refractivity contribution in [2.45, 2.75) is 23.9 Å². The Morgan fingerprint density at radius 1 is 1.30 bits per heavy atom. The number of hydrogen-bond acceptors (Lipinski definition) is 7. The van der Waals surface area contributed by atoms with Crippen LogP contribution in [0.15, 0.2) is 58.6 Å². The number of hydrogen-bond donors (Lipinski definition) is 3. The predicted octanol–water partition coefficient (Wildman–Crippen LogP) is 1.50. The van der Waals surface area contributed by atoms with Crippen molar-refractivity contribution in [1.82, 2.24) is 15.3 Å². The van der Waals surface area contributed by atoms with Gasteiger partial charge in [-0.05, 0) is 30.7 Å². The van der Waals surface area contributed by atoms with Crippen LogP contribution >= 0.6 is 0 Å². The van der Waals surface area contributed by atoms with Crippen molar-refractivity contribution in [2.75, 3.05) is 5.32 Å². The van der Waals surface area contributed by atoms with Crippen molar-refractivity contribution in [3.8, 4) is 0 Å². The number of nitrogens with one attached hydrogen (secondary N) is 2. The number of aryl methyl sites for hydroxylation is 1. The second kappa shape index (κ2) is 6.60. The topological polar surface area (TPSA) is 122 Å². The van der Waals surface area contributed by atoms with Crippen LogP contribution in [0.1, 0.15) is 11.3 Å². The molecule has 27 heavy (non-hydrogen) atoms. The molecule has 4 rings (SSSR count). The molecule has 0 bridgehead atoms. The van der Waals surface area contributed by atoms with Crippen LogP contribution in [-0.2, 0) is 10.0 Å². The number of sulfonamides is 1. The average Bonchev–Trinajstić information content (AvgIpc) is 3.12. The minimum absolute atomic E-state index is 0.0224. The number of primary sulfonamides is 1. The predicted molar refractivity (Wildman–Crippen MR) is 104 cm³/mol. The van der Waals surface area contributed by atoms with Gasteiger partial charge in [0.05, 0.1) is 23.0 Å². The Balaban J connectivity index is 1.67. The van der Waals surface area contributed by atoms with Crippen molar-refractivity contribution < 1.29 is 8.42 Å². The van der Waals surface area contributed by atoms with Crippen LogP contribution in [0.4, 0.5) is 11.6 Å². The van der Waals surface area contributed by atoms with Gasteiger partial charge in [0.15, 0.2) is 0 Å². The smallest absolute Gasteiger partial charge is 0.238 e. The zero-order chi connectivity index (χ0) is 19.0. The van der Waals surface area contributed by atoms with Crippen LogP contribution in [0.5, 0.6) is 0 Å². The maximum absolute atomic E-state index is 11.5. The normalized spacial score (nSPS) is 20.7. The van der Waals surface area contributed by atoms with Crippen molar-refractivity contribution >= 4 is 33.6 Å². The third-order valence-corrected chi connectivity index (χ3v) is 5.33. The first-order valence-corrected chi connectivity index (χ1v) is 9.86. The number of aromatic nitrogens is 2. The minimum Gasteiger partial charge on any atom is -0.368 e. The van der Waals surface area contributed by atoms with Gasteiger partial charge >= 0.3 is 0 Å². The molecule has 1 aromatic heterocycles. The number of benzene rings is 1. The monoisotopic (exact) mass is 382 g/mol. The van der Waals surface area contributed by atoms with Gasteiger partial charge in [-0.1, -0.05) is 24.3 Å². The highest BCUT2D eigenvalue weighted by Crippen LogP contribution is 2.30. The van der Waals surface area contributed by atoms with E-state index in [-0.39, 0.29) is 17.0 Å². The lowest BCUT2D eigenvalue weighted by atomic mass is 9.92. The van der Waals surface area contributed by atoms with Crippen LogP contribution in [0.2, 0.25) is 0 Å². The van der Waals surface area contributed by atoms with Crippen molar-refractivity contribution in [3.05, 3.63) is 59.9 Å². The Morgan fingerprint density at radius 3 is 2.96 bits per heavy atom. The van der Waals surface area contributed by atoms with E-state index in [1.54, 1.807) is 24.7 Å². The van der Waals surface area contributed by atoms with Crippen LogP contribution in [0.25, 0.3) is 5.57 Å². The molecule has 1 aromatic carbocycles. The maximum atomic E-state index is 11.5. The molecule has 4 N–H and O–H groups in total. The van der Waals surface area contributed by atoms with E-state index < -0.39 is 10.0 Å². The van der Waals surface area contributed by atoms with E-state index in [1.165, 1.54) is 12.1 Å². The van der Waals surface area contributed by atoms with Crippen LogP contribution < -0.4 is 15.8 Å². The van der Waals surface area contributed by atoms with Crippen molar-refractivity contribution in [3.63, 3.8) is 0 Å². The Morgan fingerprint density at radius 2 is 2.15 bits per heavy atom. The van der Waals surface area contributed by atoms with Gasteiger partial charge < -0.3 is 10.6 Å². The number of allylic oxidation sites excluding steroid dienone is 2. The molecule has 0 saturated carbocycles. The molecule has 2 heterocycles. The summed E-state index contributed by atoms with van der Waals surface area (Å²) in [5.74, 6) is 0.365. The highest BCUT2D eigenvalue weighted by molar-refractivity contribution is 7.89. The Kier molecular flexibility index (Phi) is 4.25. The van der Waals surface area contributed by atoms with E-state index >= 15 is 0 Å². The van der Waals surface area contributed by atoms with Gasteiger partial charge in [-0.2, -0.15) is 0 Å². The van der Waals surface area contributed by atoms with Gasteiger partial charge in [0.2, 0.25) is 16.0 Å². The molecule has 2 aromatic rings. The molecule has 9 heteroatoms. The molecule has 1 aliphatic heterocycles. The summed E-state index contributed by atoms with van der Waals surface area (Å²) in [6.07, 6.45) is 9.51. The van der Waals surface area contributed by atoms with Gasteiger partial charge in [-0.25, -0.2) is 23.5 Å². The van der Waals surface area contributed by atoms with E-state index in [9.17, 15) is 8.42 Å². The fourth-order valence-corrected chi connectivity index (χ4v) is 3.66. The first kappa shape index (κ1) is 17.4. The molecule has 2 aliphatic rings. The zero-order valence-corrected chi connectivity index (χ0v) is 15.3. The molecule has 2 unspecified atom stereocenters. The molecule has 0 saturated heterocycles. The molecule has 138 valence electrons. The molecule has 2 atom stereocenters. The number of anilines is 2. The van der Waals surface area contributed by atoms with Gasteiger partial charge in [0.25, 0.3) is 0 Å². The molecule has 0 fully saturated rings. The summed E-state index contributed by atoms with van der Waals surface area (Å²) in [4.78, 5) is 13.5. The highest BCUT2D eigenvalue weighted by atomic mass is 32.2. The Labute approximate surface area is 157 Å². The summed E-state index contributed by atoms with van der Waals surface area (Å²) in [7, 11) is -3.78. The number of rotatable bonds is 4. The van der Waals surface area contributed by atoms with E-state index in [2.05, 4.69) is 31.7 Å². The summed E-state index contributed by atoms with van der Waals surface area (Å²) in [5, 5.41) is 11.4. The molecule has 0 spiro atoms. The lowest BCUT2D eigenvalue weighted by Crippen LogP contribution is -2.32. The van der Waals surface area contributed by atoms with Crippen LogP contribution in [0.3, 0.4) is 0 Å². The van der Waals surface area contributed by atoms with Crippen LogP contribution in [-0.4, -0.2) is 36.8 Å². The Hall–Kier alpha value is -3.04. The fourth-order valence-electron chi connectivity index (χ4n) is 3.10. The molecule has 0 radical (unpaired) electrons. The standard InChI is InChI=1S/C18H18N6O2S/c1-11-9-20-18(23-12-4-2-5-13(8-12)27(19,25)26)24-16(11)14-6-3-7-15-17(14)22-10-21-15/h2-10,15,17H,1H3,(H,21,22)(H2,19,25,26)(H,20,23,24). The van der Waals surface area contributed by atoms with E-state index in [0.717, 1.165) is 16.8 Å². The number of nitrogens with two attached hydrogens (primary N) is 1. The van der Waals surface area contributed by atoms with Gasteiger partial charge in [0, 0.05) is 17.5 Å². The summed E-state index contributed by atoms with van der Waals surface area (Å²) in [6.45, 7) is 1.95. The third-order valence-electron chi connectivity index (χ3n) is 4.42. The minimum atomic E-state index is -3.78. The maximum Gasteiger partial charge on any atom is 0.238 e. The average molecular weight is 382 g/mol. The molecular weight excluding hydrogens is 364 g/mol. The SMILES string of the molecule is Cc1cnc(Nc2cccc(S(N)(=O)=O)c2)nc1C1=CC=CC2NC=NC12. The Bertz CT molecular complexity index is 1090. The second-order valence-electron chi connectivity index (χ2n) is 6.35. The van der Waals surface area contributed by atoms with Crippen LogP contribution in [0, 0.1) is 6.92 Å². The molecule has 1 aliphatic carbocycles. The number of aliphatic imine (C=N–C) groups is 1. The largest absolute Gasteiger partial charge is 0.368 e. The van der Waals surface area contributed by atoms with Crippen molar-refractivity contribution in [1.29, 1.82) is 0 Å². The fraction of sp³-hybridized carbons (Fsp3) is 0.167. The summed E-state index contributed by atoms with van der Waals surface area (Å²) in [6, 6.07) is 6.31. The molecule has 8 nitrogen and oxygen atoms in total. The van der Waals surface area contributed by atoms with E-state index in [1.807, 2.05) is 19.1 Å².